The highest BCUT2D eigenvalue weighted by atomic mass is 16.5. The molecule has 1 fully saturated rings. The van der Waals surface area contributed by atoms with E-state index in [0.29, 0.717) is 30.2 Å². The highest BCUT2D eigenvalue weighted by molar-refractivity contribution is 5.98. The molecule has 0 aliphatic carbocycles. The zero-order valence-electron chi connectivity index (χ0n) is 10.8. The number of carbonyl (C=O) groups is 1. The Morgan fingerprint density at radius 3 is 2.50 bits per heavy atom. The van der Waals surface area contributed by atoms with Gasteiger partial charge in [0.25, 0.3) is 5.91 Å². The van der Waals surface area contributed by atoms with Gasteiger partial charge >= 0.3 is 0 Å². The van der Waals surface area contributed by atoms with Gasteiger partial charge in [-0.05, 0) is 19.1 Å². The number of likely N-dealkylation sites (tertiary alicyclic amines) is 1. The van der Waals surface area contributed by atoms with Crippen LogP contribution >= 0.6 is 0 Å². The van der Waals surface area contributed by atoms with Crippen molar-refractivity contribution in [3.05, 3.63) is 23.8 Å². The van der Waals surface area contributed by atoms with Crippen LogP contribution in [0.4, 0.5) is 0 Å². The number of hydrogen-bond donors (Lipinski definition) is 1. The zero-order valence-corrected chi connectivity index (χ0v) is 10.8. The minimum absolute atomic E-state index is 0.155. The number of nitrogens with zero attached hydrogens (tertiary/aromatic N) is 1. The Balaban J connectivity index is 2.26. The summed E-state index contributed by atoms with van der Waals surface area (Å²) >= 11 is 0. The summed E-state index contributed by atoms with van der Waals surface area (Å²) in [5, 5.41) is 9.66. The van der Waals surface area contributed by atoms with Gasteiger partial charge in [0.05, 0.1) is 38.5 Å². The van der Waals surface area contributed by atoms with Crippen molar-refractivity contribution < 1.29 is 19.4 Å². The summed E-state index contributed by atoms with van der Waals surface area (Å²) in [5.74, 6) is 0.796. The number of methoxy groups -OCH3 is 2. The second-order valence-electron chi connectivity index (χ2n) is 4.70. The molecule has 1 aliphatic rings. The Morgan fingerprint density at radius 1 is 1.33 bits per heavy atom. The van der Waals surface area contributed by atoms with Gasteiger partial charge in [0, 0.05) is 0 Å². The second kappa shape index (κ2) is 4.49. The topological polar surface area (TPSA) is 59.0 Å². The molecule has 1 aromatic rings. The van der Waals surface area contributed by atoms with E-state index in [-0.39, 0.29) is 5.91 Å². The Morgan fingerprint density at radius 2 is 2.00 bits per heavy atom. The van der Waals surface area contributed by atoms with Gasteiger partial charge in [-0.15, -0.1) is 0 Å². The first-order valence-electron chi connectivity index (χ1n) is 5.71. The predicted molar refractivity (Wildman–Crippen MR) is 66.1 cm³/mol. The van der Waals surface area contributed by atoms with Crippen LogP contribution in [0.25, 0.3) is 0 Å². The smallest absolute Gasteiger partial charge is 0.257 e. The Hall–Kier alpha value is -1.75. The highest BCUT2D eigenvalue weighted by Crippen LogP contribution is 2.33. The van der Waals surface area contributed by atoms with Gasteiger partial charge in [0.1, 0.15) is 0 Å². The second-order valence-corrected chi connectivity index (χ2v) is 4.70. The van der Waals surface area contributed by atoms with E-state index in [1.54, 1.807) is 30.0 Å². The fourth-order valence-corrected chi connectivity index (χ4v) is 2.15. The first kappa shape index (κ1) is 12.7. The first-order chi connectivity index (χ1) is 8.48. The molecule has 5 heteroatoms. The third-order valence-electron chi connectivity index (χ3n) is 2.98. The van der Waals surface area contributed by atoms with Crippen LogP contribution in [-0.4, -0.2) is 48.8 Å². The molecular weight excluding hydrogens is 234 g/mol. The summed E-state index contributed by atoms with van der Waals surface area (Å²) in [7, 11) is 3.03. The fourth-order valence-electron chi connectivity index (χ4n) is 2.15. The maximum Gasteiger partial charge on any atom is 0.257 e. The van der Waals surface area contributed by atoms with Gasteiger partial charge in [0.15, 0.2) is 11.5 Å². The lowest BCUT2D eigenvalue weighted by Gasteiger charge is -2.44. The normalized spacial score (nSPS) is 17.0. The molecule has 0 unspecified atom stereocenters. The minimum atomic E-state index is -0.776. The maximum atomic E-state index is 12.2. The largest absolute Gasteiger partial charge is 0.493 e. The fraction of sp³-hybridized carbons (Fsp3) is 0.462. The van der Waals surface area contributed by atoms with Crippen LogP contribution in [0.1, 0.15) is 17.3 Å². The van der Waals surface area contributed by atoms with E-state index in [4.69, 9.17) is 9.47 Å². The molecule has 1 aromatic carbocycles. The van der Waals surface area contributed by atoms with Crippen LogP contribution in [0.3, 0.4) is 0 Å². The quantitative estimate of drug-likeness (QED) is 0.867. The summed E-state index contributed by atoms with van der Waals surface area (Å²) in [4.78, 5) is 13.8. The van der Waals surface area contributed by atoms with Crippen molar-refractivity contribution in [1.29, 1.82) is 0 Å². The SMILES string of the molecule is COc1cccc(C(=O)N2CC(C)(O)C2)c1OC. The molecule has 1 saturated heterocycles. The molecule has 1 amide bonds. The third-order valence-corrected chi connectivity index (χ3v) is 2.98. The number of aliphatic hydroxyl groups is 1. The lowest BCUT2D eigenvalue weighted by molar-refractivity contribution is -0.0669. The molecule has 1 heterocycles. The summed E-state index contributed by atoms with van der Waals surface area (Å²) in [6.45, 7) is 2.39. The van der Waals surface area contributed by atoms with E-state index in [9.17, 15) is 9.90 Å². The van der Waals surface area contributed by atoms with E-state index in [1.165, 1.54) is 14.2 Å². The minimum Gasteiger partial charge on any atom is -0.493 e. The molecule has 0 saturated carbocycles. The maximum absolute atomic E-state index is 12.2. The molecule has 18 heavy (non-hydrogen) atoms. The van der Waals surface area contributed by atoms with Crippen LogP contribution in [0.2, 0.25) is 0 Å². The molecule has 2 rings (SSSR count). The van der Waals surface area contributed by atoms with Crippen LogP contribution in [-0.2, 0) is 0 Å². The number of para-hydroxylation sites is 1. The van der Waals surface area contributed by atoms with Gasteiger partial charge in [-0.25, -0.2) is 0 Å². The Kier molecular flexibility index (Phi) is 3.17. The Labute approximate surface area is 106 Å². The number of ether oxygens (including phenoxy) is 2. The molecule has 0 bridgehead atoms. The number of hydrogen-bond acceptors (Lipinski definition) is 4. The van der Waals surface area contributed by atoms with Crippen molar-refractivity contribution in [3.8, 4) is 11.5 Å². The number of rotatable bonds is 3. The van der Waals surface area contributed by atoms with Crippen molar-refractivity contribution in [2.24, 2.45) is 0 Å². The van der Waals surface area contributed by atoms with Crippen LogP contribution in [0, 0.1) is 0 Å². The van der Waals surface area contributed by atoms with Crippen molar-refractivity contribution in [3.63, 3.8) is 0 Å². The van der Waals surface area contributed by atoms with E-state index in [1.807, 2.05) is 0 Å². The van der Waals surface area contributed by atoms with Gasteiger partial charge < -0.3 is 19.5 Å². The number of benzene rings is 1. The molecule has 0 atom stereocenters. The standard InChI is InChI=1S/C13H17NO4/c1-13(16)7-14(8-13)12(15)9-5-4-6-10(17-2)11(9)18-3/h4-6,16H,7-8H2,1-3H3. The van der Waals surface area contributed by atoms with Gasteiger partial charge in [-0.2, -0.15) is 0 Å². The predicted octanol–water partition coefficient (Wildman–Crippen LogP) is 0.911. The van der Waals surface area contributed by atoms with E-state index >= 15 is 0 Å². The Bertz CT molecular complexity index is 462. The lowest BCUT2D eigenvalue weighted by Crippen LogP contribution is -2.61. The van der Waals surface area contributed by atoms with Crippen LogP contribution < -0.4 is 9.47 Å². The molecule has 1 aliphatic heterocycles. The van der Waals surface area contributed by atoms with Crippen molar-refractivity contribution >= 4 is 5.91 Å². The monoisotopic (exact) mass is 251 g/mol. The zero-order chi connectivity index (χ0) is 13.3. The molecule has 0 aromatic heterocycles. The lowest BCUT2D eigenvalue weighted by atomic mass is 9.95. The number of β-amino-alcohol motifs (C(OH)–C–C–N with tert-alkyl or cyclic N) is 1. The first-order valence-corrected chi connectivity index (χ1v) is 5.71. The van der Waals surface area contributed by atoms with Crippen molar-refractivity contribution in [1.82, 2.24) is 4.90 Å². The average molecular weight is 251 g/mol. The van der Waals surface area contributed by atoms with Crippen LogP contribution in [0.5, 0.6) is 11.5 Å². The summed E-state index contributed by atoms with van der Waals surface area (Å²) in [6.07, 6.45) is 0. The van der Waals surface area contributed by atoms with Crippen LogP contribution in [0.15, 0.2) is 18.2 Å². The molecule has 0 radical (unpaired) electrons. The van der Waals surface area contributed by atoms with E-state index in [0.717, 1.165) is 0 Å². The van der Waals surface area contributed by atoms with E-state index < -0.39 is 5.60 Å². The third kappa shape index (κ3) is 2.13. The number of carbonyl (C=O) groups excluding carboxylic acids is 1. The highest BCUT2D eigenvalue weighted by Gasteiger charge is 2.40. The van der Waals surface area contributed by atoms with Crippen molar-refractivity contribution in [2.75, 3.05) is 27.3 Å². The average Bonchev–Trinajstić information content (AvgIpc) is 2.33. The molecule has 5 nitrogen and oxygen atoms in total. The molecule has 1 N–H and O–H groups in total. The summed E-state index contributed by atoms with van der Waals surface area (Å²) in [6, 6.07) is 5.17. The van der Waals surface area contributed by atoms with Gasteiger partial charge in [0.2, 0.25) is 0 Å². The summed E-state index contributed by atoms with van der Waals surface area (Å²) in [5.41, 5.74) is -0.325. The molecular formula is C13H17NO4. The van der Waals surface area contributed by atoms with Gasteiger partial charge in [-0.3, -0.25) is 4.79 Å². The number of amides is 1. The van der Waals surface area contributed by atoms with Crippen molar-refractivity contribution in [2.45, 2.75) is 12.5 Å². The molecule has 98 valence electrons. The summed E-state index contributed by atoms with van der Waals surface area (Å²) < 4.78 is 10.4. The van der Waals surface area contributed by atoms with Gasteiger partial charge in [-0.1, -0.05) is 6.07 Å². The molecule has 0 spiro atoms. The van der Waals surface area contributed by atoms with E-state index in [2.05, 4.69) is 0 Å².